The van der Waals surface area contributed by atoms with Crippen LogP contribution in [0.15, 0.2) is 0 Å². The van der Waals surface area contributed by atoms with Gasteiger partial charge in [0.05, 0.1) is 0 Å². The Balaban J connectivity index is 1.99. The summed E-state index contributed by atoms with van der Waals surface area (Å²) in [6, 6.07) is 0. The lowest BCUT2D eigenvalue weighted by molar-refractivity contribution is 0.00357. The molecule has 2 rings (SSSR count). The van der Waals surface area contributed by atoms with Crippen LogP contribution in [0.1, 0.15) is 46.5 Å². The molecule has 1 aliphatic heterocycles. The minimum atomic E-state index is 0.300. The summed E-state index contributed by atoms with van der Waals surface area (Å²) in [7, 11) is 2.25. The summed E-state index contributed by atoms with van der Waals surface area (Å²) >= 11 is 0. The van der Waals surface area contributed by atoms with Crippen LogP contribution in [0.4, 0.5) is 0 Å². The third kappa shape index (κ3) is 3.50. The first-order chi connectivity index (χ1) is 8.87. The van der Waals surface area contributed by atoms with Crippen LogP contribution in [0, 0.1) is 11.3 Å². The fourth-order valence-corrected chi connectivity index (χ4v) is 4.11. The van der Waals surface area contributed by atoms with Crippen molar-refractivity contribution in [1.29, 1.82) is 0 Å². The largest absolute Gasteiger partial charge is 0.330 e. The Morgan fingerprint density at radius 3 is 2.58 bits per heavy atom. The van der Waals surface area contributed by atoms with E-state index in [1.54, 1.807) is 0 Å². The van der Waals surface area contributed by atoms with Crippen molar-refractivity contribution in [1.82, 2.24) is 9.80 Å². The van der Waals surface area contributed by atoms with Crippen LogP contribution in [-0.4, -0.2) is 55.1 Å². The Morgan fingerprint density at radius 2 is 2.00 bits per heavy atom. The zero-order valence-corrected chi connectivity index (χ0v) is 13.4. The second-order valence-electron chi connectivity index (χ2n) is 7.85. The van der Waals surface area contributed by atoms with Gasteiger partial charge in [-0.25, -0.2) is 0 Å². The molecule has 2 unspecified atom stereocenters. The molecule has 1 heterocycles. The number of hydrogen-bond acceptors (Lipinski definition) is 3. The van der Waals surface area contributed by atoms with Crippen LogP contribution in [0.5, 0.6) is 0 Å². The van der Waals surface area contributed by atoms with E-state index in [0.29, 0.717) is 11.0 Å². The molecule has 0 aromatic heterocycles. The topological polar surface area (TPSA) is 32.5 Å². The summed E-state index contributed by atoms with van der Waals surface area (Å²) in [5.41, 5.74) is 6.87. The second kappa shape index (κ2) is 5.71. The molecule has 0 aromatic rings. The van der Waals surface area contributed by atoms with Gasteiger partial charge in [-0.3, -0.25) is 9.80 Å². The molecule has 2 aliphatic rings. The highest BCUT2D eigenvalue weighted by molar-refractivity contribution is 4.94. The molecule has 3 heteroatoms. The zero-order valence-electron chi connectivity index (χ0n) is 13.4. The normalized spacial score (nSPS) is 37.4. The number of hydrogen-bond donors (Lipinski definition) is 1. The maximum atomic E-state index is 6.18. The van der Waals surface area contributed by atoms with E-state index in [-0.39, 0.29) is 0 Å². The Morgan fingerprint density at radius 1 is 1.26 bits per heavy atom. The van der Waals surface area contributed by atoms with Crippen LogP contribution in [-0.2, 0) is 0 Å². The van der Waals surface area contributed by atoms with E-state index in [1.807, 2.05) is 0 Å². The molecule has 19 heavy (non-hydrogen) atoms. The van der Waals surface area contributed by atoms with Gasteiger partial charge in [0.15, 0.2) is 0 Å². The molecular formula is C16H33N3. The summed E-state index contributed by atoms with van der Waals surface area (Å²) in [6.07, 6.45) is 5.43. The summed E-state index contributed by atoms with van der Waals surface area (Å²) < 4.78 is 0. The van der Waals surface area contributed by atoms with E-state index < -0.39 is 0 Å². The first-order valence-electron chi connectivity index (χ1n) is 8.01. The molecule has 112 valence electrons. The SMILES string of the molecule is CC1CCCC(CN)(CN2CCN(C)C(C)(C)C2)C1. The van der Waals surface area contributed by atoms with Gasteiger partial charge >= 0.3 is 0 Å². The van der Waals surface area contributed by atoms with Crippen LogP contribution >= 0.6 is 0 Å². The first-order valence-corrected chi connectivity index (χ1v) is 8.01. The Hall–Kier alpha value is -0.120. The van der Waals surface area contributed by atoms with Crippen molar-refractivity contribution < 1.29 is 0 Å². The molecule has 2 fully saturated rings. The Labute approximate surface area is 119 Å². The fourth-order valence-electron chi connectivity index (χ4n) is 4.11. The predicted molar refractivity (Wildman–Crippen MR) is 82.3 cm³/mol. The Bertz CT molecular complexity index is 302. The molecule has 1 saturated heterocycles. The molecule has 0 bridgehead atoms. The van der Waals surface area contributed by atoms with Gasteiger partial charge in [0.2, 0.25) is 0 Å². The highest BCUT2D eigenvalue weighted by atomic mass is 15.3. The van der Waals surface area contributed by atoms with E-state index in [0.717, 1.165) is 12.5 Å². The van der Waals surface area contributed by atoms with Gasteiger partial charge in [0.1, 0.15) is 0 Å². The second-order valence-corrected chi connectivity index (χ2v) is 7.85. The predicted octanol–water partition coefficient (Wildman–Crippen LogP) is 2.17. The highest BCUT2D eigenvalue weighted by Gasteiger charge is 2.38. The lowest BCUT2D eigenvalue weighted by atomic mass is 9.69. The molecule has 0 radical (unpaired) electrons. The number of likely N-dealkylation sites (N-methyl/N-ethyl adjacent to an activating group) is 1. The standard InChI is InChI=1S/C16H33N3/c1-14-6-5-7-16(10-14,11-17)13-19-9-8-18(4)15(2,3)12-19/h14H,5-13,17H2,1-4H3. The van der Waals surface area contributed by atoms with E-state index in [2.05, 4.69) is 37.6 Å². The molecule has 2 N–H and O–H groups in total. The van der Waals surface area contributed by atoms with Gasteiger partial charge in [0.25, 0.3) is 0 Å². The lowest BCUT2D eigenvalue weighted by Crippen LogP contribution is -2.60. The summed E-state index contributed by atoms with van der Waals surface area (Å²) in [5, 5.41) is 0. The van der Waals surface area contributed by atoms with E-state index in [9.17, 15) is 0 Å². The molecule has 0 spiro atoms. The summed E-state index contributed by atoms with van der Waals surface area (Å²) in [4.78, 5) is 5.16. The molecule has 1 saturated carbocycles. The number of rotatable bonds is 3. The van der Waals surface area contributed by atoms with Crippen molar-refractivity contribution in [2.45, 2.75) is 52.0 Å². The van der Waals surface area contributed by atoms with E-state index in [4.69, 9.17) is 5.73 Å². The average molecular weight is 267 g/mol. The monoisotopic (exact) mass is 267 g/mol. The van der Waals surface area contributed by atoms with Gasteiger partial charge in [0, 0.05) is 31.7 Å². The van der Waals surface area contributed by atoms with Crippen LogP contribution in [0.2, 0.25) is 0 Å². The Kier molecular flexibility index (Phi) is 4.59. The van der Waals surface area contributed by atoms with Crippen LogP contribution in [0.3, 0.4) is 0 Å². The average Bonchev–Trinajstić information content (AvgIpc) is 2.33. The lowest BCUT2D eigenvalue weighted by Gasteiger charge is -2.49. The van der Waals surface area contributed by atoms with E-state index >= 15 is 0 Å². The number of nitrogens with zero attached hydrogens (tertiary/aromatic N) is 2. The van der Waals surface area contributed by atoms with Crippen molar-refractivity contribution in [3.8, 4) is 0 Å². The van der Waals surface area contributed by atoms with Crippen molar-refractivity contribution in [2.24, 2.45) is 17.1 Å². The van der Waals surface area contributed by atoms with Crippen molar-refractivity contribution >= 4 is 0 Å². The molecule has 0 amide bonds. The van der Waals surface area contributed by atoms with Gasteiger partial charge in [-0.05, 0) is 51.6 Å². The number of nitrogens with two attached hydrogens (primary N) is 1. The van der Waals surface area contributed by atoms with Crippen molar-refractivity contribution in [3.63, 3.8) is 0 Å². The maximum absolute atomic E-state index is 6.18. The molecule has 2 atom stereocenters. The fraction of sp³-hybridized carbons (Fsp3) is 1.00. The van der Waals surface area contributed by atoms with Crippen LogP contribution < -0.4 is 5.73 Å². The van der Waals surface area contributed by atoms with Crippen molar-refractivity contribution in [3.05, 3.63) is 0 Å². The highest BCUT2D eigenvalue weighted by Crippen LogP contribution is 2.39. The third-order valence-electron chi connectivity index (χ3n) is 5.57. The molecule has 3 nitrogen and oxygen atoms in total. The first kappa shape index (κ1) is 15.3. The van der Waals surface area contributed by atoms with Gasteiger partial charge in [-0.1, -0.05) is 19.8 Å². The van der Waals surface area contributed by atoms with Gasteiger partial charge in [-0.2, -0.15) is 0 Å². The number of piperazine rings is 1. The minimum absolute atomic E-state index is 0.300. The van der Waals surface area contributed by atoms with Crippen LogP contribution in [0.25, 0.3) is 0 Å². The van der Waals surface area contributed by atoms with Crippen molar-refractivity contribution in [2.75, 3.05) is 39.8 Å². The van der Waals surface area contributed by atoms with Gasteiger partial charge in [-0.15, -0.1) is 0 Å². The summed E-state index contributed by atoms with van der Waals surface area (Å²) in [5.74, 6) is 0.859. The third-order valence-corrected chi connectivity index (χ3v) is 5.57. The molecule has 0 aromatic carbocycles. The molecular weight excluding hydrogens is 234 g/mol. The van der Waals surface area contributed by atoms with Gasteiger partial charge < -0.3 is 5.73 Å². The smallest absolute Gasteiger partial charge is 0.0277 e. The zero-order chi connectivity index (χ0) is 14.1. The quantitative estimate of drug-likeness (QED) is 0.850. The minimum Gasteiger partial charge on any atom is -0.330 e. The van der Waals surface area contributed by atoms with E-state index in [1.165, 1.54) is 51.9 Å². The maximum Gasteiger partial charge on any atom is 0.0277 e. The summed E-state index contributed by atoms with van der Waals surface area (Å²) in [6.45, 7) is 12.8. The molecule has 1 aliphatic carbocycles.